The van der Waals surface area contributed by atoms with Crippen LogP contribution in [0.15, 0.2) is 83.3 Å². The number of benzene rings is 3. The van der Waals surface area contributed by atoms with Crippen molar-refractivity contribution in [3.05, 3.63) is 106 Å². The van der Waals surface area contributed by atoms with E-state index < -0.39 is 22.0 Å². The van der Waals surface area contributed by atoms with Crippen molar-refractivity contribution < 1.29 is 27.5 Å². The first-order valence-corrected chi connectivity index (χ1v) is 19.7. The number of aromatic nitrogens is 2. The fraction of sp³-hybridized carbons (Fsp3) is 0.324. The second-order valence-corrected chi connectivity index (χ2v) is 15.6. The number of anilines is 1. The summed E-state index contributed by atoms with van der Waals surface area (Å²) in [6, 6.07) is 20.7. The maximum absolute atomic E-state index is 14.5. The maximum atomic E-state index is 14.5. The molecule has 2 amide bonds. The zero-order chi connectivity index (χ0) is 36.6. The highest BCUT2D eigenvalue weighted by atomic mass is 35.5. The first kappa shape index (κ1) is 35.9. The number of amides is 2. The largest absolute Gasteiger partial charge is 0.493 e. The first-order chi connectivity index (χ1) is 25.1. The van der Waals surface area contributed by atoms with Crippen LogP contribution in [-0.2, 0) is 10.0 Å². The number of thiazole rings is 1. The fourth-order valence-electron chi connectivity index (χ4n) is 7.18. The normalized spacial score (nSPS) is 16.4. The van der Waals surface area contributed by atoms with Gasteiger partial charge < -0.3 is 14.4 Å². The SMILES string of the molecule is COc1ccc(C(CCCNS(=O)(=O)c2c(Cl)nc3sccn23)N2C(=O)c3cccc(N4CCN([C@H](C)c5ccccc5)CC4)c3C2=O)cc1OC. The molecular weight excluding hydrogens is 724 g/mol. The summed E-state index contributed by atoms with van der Waals surface area (Å²) in [6.45, 7) is 5.25. The summed E-state index contributed by atoms with van der Waals surface area (Å²) in [5.74, 6) is 0.160. The number of hydrogen-bond donors (Lipinski definition) is 1. The van der Waals surface area contributed by atoms with Crippen LogP contribution >= 0.6 is 22.9 Å². The number of imide groups is 1. The summed E-state index contributed by atoms with van der Waals surface area (Å²) in [4.78, 5) is 39.2. The van der Waals surface area contributed by atoms with Gasteiger partial charge in [0.25, 0.3) is 21.8 Å². The maximum Gasteiger partial charge on any atom is 0.264 e. The third kappa shape index (κ3) is 6.65. The van der Waals surface area contributed by atoms with E-state index in [1.54, 1.807) is 35.8 Å². The quantitative estimate of drug-likeness (QED) is 0.113. The van der Waals surface area contributed by atoms with E-state index in [4.69, 9.17) is 21.1 Å². The van der Waals surface area contributed by atoms with Crippen LogP contribution in [0, 0.1) is 0 Å². The summed E-state index contributed by atoms with van der Waals surface area (Å²) in [5.41, 5.74) is 3.38. The topological polar surface area (TPSA) is 126 Å². The van der Waals surface area contributed by atoms with Crippen molar-refractivity contribution in [2.75, 3.05) is 51.8 Å². The van der Waals surface area contributed by atoms with E-state index in [0.717, 1.165) is 18.8 Å². The lowest BCUT2D eigenvalue weighted by atomic mass is 9.99. The van der Waals surface area contributed by atoms with Gasteiger partial charge in [-0.25, -0.2) is 18.1 Å². The molecular formula is C37H39ClN6O6S2. The summed E-state index contributed by atoms with van der Waals surface area (Å²) in [6.07, 6.45) is 2.16. The summed E-state index contributed by atoms with van der Waals surface area (Å²) in [5, 5.41) is 1.48. The number of carbonyl (C=O) groups is 2. The number of methoxy groups -OCH3 is 2. The van der Waals surface area contributed by atoms with E-state index in [1.807, 2.05) is 18.2 Å². The fourth-order valence-corrected chi connectivity index (χ4v) is 9.70. The Morgan fingerprint density at radius 3 is 2.40 bits per heavy atom. The van der Waals surface area contributed by atoms with Gasteiger partial charge in [-0.3, -0.25) is 23.8 Å². The molecule has 2 aliphatic heterocycles. The van der Waals surface area contributed by atoms with Crippen molar-refractivity contribution >= 4 is 55.4 Å². The third-order valence-corrected chi connectivity index (χ3v) is 12.5. The number of ether oxygens (including phenoxy) is 2. The smallest absolute Gasteiger partial charge is 0.264 e. The number of rotatable bonds is 13. The van der Waals surface area contributed by atoms with Crippen LogP contribution in [0.5, 0.6) is 11.5 Å². The summed E-state index contributed by atoms with van der Waals surface area (Å²) >= 11 is 7.49. The van der Waals surface area contributed by atoms with E-state index in [2.05, 4.69) is 50.7 Å². The third-order valence-electron chi connectivity index (χ3n) is 9.89. The van der Waals surface area contributed by atoms with Gasteiger partial charge in [0.2, 0.25) is 0 Å². The molecule has 0 bridgehead atoms. The van der Waals surface area contributed by atoms with Gasteiger partial charge in [0.05, 0.1) is 37.1 Å². The van der Waals surface area contributed by atoms with E-state index in [1.165, 1.54) is 40.4 Å². The van der Waals surface area contributed by atoms with Crippen molar-refractivity contribution in [3.8, 4) is 11.5 Å². The number of nitrogens with zero attached hydrogens (tertiary/aromatic N) is 5. The van der Waals surface area contributed by atoms with Gasteiger partial charge in [-0.2, -0.15) is 0 Å². The molecule has 2 aromatic heterocycles. The van der Waals surface area contributed by atoms with E-state index in [-0.39, 0.29) is 35.1 Å². The molecule has 7 rings (SSSR count). The highest BCUT2D eigenvalue weighted by molar-refractivity contribution is 7.89. The number of carbonyl (C=O) groups excluding carboxylic acids is 2. The van der Waals surface area contributed by atoms with Crippen LogP contribution in [-0.4, -0.2) is 86.4 Å². The minimum absolute atomic E-state index is 0.0277. The lowest BCUT2D eigenvalue weighted by Crippen LogP contribution is -2.47. The highest BCUT2D eigenvalue weighted by Crippen LogP contribution is 2.41. The van der Waals surface area contributed by atoms with Crippen LogP contribution in [0.25, 0.3) is 4.96 Å². The second kappa shape index (κ2) is 14.9. The van der Waals surface area contributed by atoms with E-state index in [0.29, 0.717) is 52.7 Å². The van der Waals surface area contributed by atoms with Crippen LogP contribution in [0.4, 0.5) is 5.69 Å². The zero-order valence-electron chi connectivity index (χ0n) is 29.0. The minimum Gasteiger partial charge on any atom is -0.493 e. The van der Waals surface area contributed by atoms with Crippen molar-refractivity contribution in [2.45, 2.75) is 36.9 Å². The average molecular weight is 763 g/mol. The molecule has 0 aliphatic carbocycles. The highest BCUT2D eigenvalue weighted by Gasteiger charge is 2.43. The molecule has 1 unspecified atom stereocenters. The van der Waals surface area contributed by atoms with Gasteiger partial charge in [-0.1, -0.05) is 54.1 Å². The lowest BCUT2D eigenvalue weighted by Gasteiger charge is -2.39. The van der Waals surface area contributed by atoms with Gasteiger partial charge >= 0.3 is 0 Å². The van der Waals surface area contributed by atoms with Crippen LogP contribution < -0.4 is 19.1 Å². The Kier molecular flexibility index (Phi) is 10.3. The van der Waals surface area contributed by atoms with Crippen molar-refractivity contribution in [1.82, 2.24) is 23.9 Å². The van der Waals surface area contributed by atoms with Crippen molar-refractivity contribution in [1.29, 1.82) is 0 Å². The second-order valence-electron chi connectivity index (χ2n) is 12.7. The molecule has 15 heteroatoms. The molecule has 0 radical (unpaired) electrons. The minimum atomic E-state index is -4.02. The monoisotopic (exact) mass is 762 g/mol. The van der Waals surface area contributed by atoms with E-state index >= 15 is 0 Å². The number of hydrogen-bond acceptors (Lipinski definition) is 10. The molecule has 4 heterocycles. The van der Waals surface area contributed by atoms with Crippen molar-refractivity contribution in [3.63, 3.8) is 0 Å². The standard InChI is InChI=1S/C37H39ClN6O6S2/c1-24(25-9-5-4-6-10-25)41-17-19-42(20-18-41)29-12-7-11-27-32(29)35(46)44(34(27)45)28(26-14-15-30(49-2)31(23-26)50-3)13-8-16-39-52(47,48)36-33(38)40-37-43(36)21-22-51-37/h4-7,9-12,14-15,21-24,28,39H,8,13,16-20H2,1-3H3/t24-,28?/m1/s1. The Labute approximate surface area is 311 Å². The number of nitrogens with one attached hydrogen (secondary N) is 1. The molecule has 52 heavy (non-hydrogen) atoms. The Morgan fingerprint density at radius 2 is 1.67 bits per heavy atom. The lowest BCUT2D eigenvalue weighted by molar-refractivity contribution is 0.0572. The number of halogens is 1. The zero-order valence-corrected chi connectivity index (χ0v) is 31.4. The molecule has 272 valence electrons. The Balaban J connectivity index is 1.12. The Bertz CT molecular complexity index is 2220. The summed E-state index contributed by atoms with van der Waals surface area (Å²) < 4.78 is 41.7. The molecule has 1 fully saturated rings. The summed E-state index contributed by atoms with van der Waals surface area (Å²) in [7, 11) is -0.969. The molecule has 0 saturated carbocycles. The van der Waals surface area contributed by atoms with Gasteiger partial charge in [0.1, 0.15) is 0 Å². The van der Waals surface area contributed by atoms with Crippen LogP contribution in [0.2, 0.25) is 5.15 Å². The molecule has 3 aromatic carbocycles. The number of piperazine rings is 1. The molecule has 1 saturated heterocycles. The molecule has 2 aliphatic rings. The van der Waals surface area contributed by atoms with Crippen molar-refractivity contribution in [2.24, 2.45) is 0 Å². The molecule has 12 nitrogen and oxygen atoms in total. The first-order valence-electron chi connectivity index (χ1n) is 17.0. The molecule has 2 atom stereocenters. The Hall–Kier alpha value is -4.47. The predicted octanol–water partition coefficient (Wildman–Crippen LogP) is 6.05. The molecule has 5 aromatic rings. The van der Waals surface area contributed by atoms with Crippen LogP contribution in [0.3, 0.4) is 0 Å². The average Bonchev–Trinajstić information content (AvgIpc) is 3.82. The van der Waals surface area contributed by atoms with Gasteiger partial charge in [-0.05, 0) is 55.2 Å². The predicted molar refractivity (Wildman–Crippen MR) is 200 cm³/mol. The number of sulfonamides is 1. The van der Waals surface area contributed by atoms with Crippen LogP contribution in [0.1, 0.15) is 63.7 Å². The number of fused-ring (bicyclic) bond motifs is 2. The number of imidazole rings is 1. The van der Waals surface area contributed by atoms with Gasteiger partial charge in [0.15, 0.2) is 26.6 Å². The molecule has 1 N–H and O–H groups in total. The van der Waals surface area contributed by atoms with Gasteiger partial charge in [0, 0.05) is 50.3 Å². The van der Waals surface area contributed by atoms with Gasteiger partial charge in [-0.15, -0.1) is 11.3 Å². The Morgan fingerprint density at radius 1 is 0.923 bits per heavy atom. The molecule has 0 spiro atoms. The van der Waals surface area contributed by atoms with E-state index in [9.17, 15) is 18.0 Å².